The molecule has 0 spiro atoms. The molecule has 0 radical (unpaired) electrons. The SMILES string of the molecule is Cc1c(Cl)cccc1NC(=O)CNc1ccc(NC(=O)CCc2ccccc2)cc1. The van der Waals surface area contributed by atoms with Gasteiger partial charge in [-0.15, -0.1) is 0 Å². The van der Waals surface area contributed by atoms with Gasteiger partial charge in [-0.2, -0.15) is 0 Å². The molecule has 0 saturated carbocycles. The van der Waals surface area contributed by atoms with Crippen LogP contribution >= 0.6 is 11.6 Å². The first kappa shape index (κ1) is 21.4. The third-order valence-electron chi connectivity index (χ3n) is 4.65. The minimum atomic E-state index is -0.168. The molecule has 154 valence electrons. The number of benzene rings is 3. The first-order valence-corrected chi connectivity index (χ1v) is 10.1. The summed E-state index contributed by atoms with van der Waals surface area (Å²) in [5, 5.41) is 9.41. The number of hydrogen-bond acceptors (Lipinski definition) is 3. The molecule has 0 aliphatic carbocycles. The molecule has 0 aliphatic rings. The Morgan fingerprint density at radius 3 is 2.23 bits per heavy atom. The monoisotopic (exact) mass is 421 g/mol. The zero-order valence-electron chi connectivity index (χ0n) is 16.7. The van der Waals surface area contributed by atoms with Gasteiger partial charge in [0.05, 0.1) is 6.54 Å². The molecular weight excluding hydrogens is 398 g/mol. The molecule has 0 fully saturated rings. The van der Waals surface area contributed by atoms with E-state index in [0.717, 1.165) is 22.5 Å². The minimum Gasteiger partial charge on any atom is -0.376 e. The maximum atomic E-state index is 12.2. The summed E-state index contributed by atoms with van der Waals surface area (Å²) in [6, 6.07) is 22.6. The van der Waals surface area contributed by atoms with Crippen molar-refractivity contribution < 1.29 is 9.59 Å². The van der Waals surface area contributed by atoms with Crippen molar-refractivity contribution in [1.29, 1.82) is 0 Å². The van der Waals surface area contributed by atoms with Gasteiger partial charge in [0, 0.05) is 28.5 Å². The maximum Gasteiger partial charge on any atom is 0.243 e. The number of carbonyl (C=O) groups is 2. The van der Waals surface area contributed by atoms with Crippen LogP contribution in [0.25, 0.3) is 0 Å². The summed E-state index contributed by atoms with van der Waals surface area (Å²) in [5.74, 6) is -0.200. The highest BCUT2D eigenvalue weighted by Crippen LogP contribution is 2.22. The van der Waals surface area contributed by atoms with E-state index in [1.807, 2.05) is 67.6 Å². The normalized spacial score (nSPS) is 10.3. The van der Waals surface area contributed by atoms with Gasteiger partial charge in [-0.3, -0.25) is 9.59 Å². The van der Waals surface area contributed by atoms with E-state index in [9.17, 15) is 9.59 Å². The number of halogens is 1. The van der Waals surface area contributed by atoms with Crippen molar-refractivity contribution in [2.75, 3.05) is 22.5 Å². The molecule has 3 rings (SSSR count). The minimum absolute atomic E-state index is 0.0316. The number of anilines is 3. The topological polar surface area (TPSA) is 70.2 Å². The third-order valence-corrected chi connectivity index (χ3v) is 5.06. The second kappa shape index (κ2) is 10.5. The Balaban J connectivity index is 1.44. The summed E-state index contributed by atoms with van der Waals surface area (Å²) in [6.45, 7) is 1.98. The summed E-state index contributed by atoms with van der Waals surface area (Å²) in [5.41, 5.74) is 4.18. The molecule has 0 aliphatic heterocycles. The molecule has 30 heavy (non-hydrogen) atoms. The molecule has 0 aromatic heterocycles. The fourth-order valence-electron chi connectivity index (χ4n) is 2.92. The van der Waals surface area contributed by atoms with Crippen molar-refractivity contribution >= 4 is 40.5 Å². The van der Waals surface area contributed by atoms with Crippen LogP contribution in [-0.2, 0) is 16.0 Å². The van der Waals surface area contributed by atoms with Crippen LogP contribution in [0.1, 0.15) is 17.5 Å². The van der Waals surface area contributed by atoms with Crippen LogP contribution in [0.3, 0.4) is 0 Å². The lowest BCUT2D eigenvalue weighted by Gasteiger charge is -2.11. The van der Waals surface area contributed by atoms with Crippen molar-refractivity contribution in [3.05, 3.63) is 88.9 Å². The smallest absolute Gasteiger partial charge is 0.243 e. The van der Waals surface area contributed by atoms with Gasteiger partial charge in [-0.25, -0.2) is 0 Å². The van der Waals surface area contributed by atoms with Gasteiger partial charge >= 0.3 is 0 Å². The molecule has 0 bridgehead atoms. The highest BCUT2D eigenvalue weighted by atomic mass is 35.5. The van der Waals surface area contributed by atoms with E-state index in [4.69, 9.17) is 11.6 Å². The zero-order valence-corrected chi connectivity index (χ0v) is 17.5. The highest BCUT2D eigenvalue weighted by molar-refractivity contribution is 6.31. The Morgan fingerprint density at radius 2 is 1.50 bits per heavy atom. The average molecular weight is 422 g/mol. The molecular formula is C24H24ClN3O2. The summed E-state index contributed by atoms with van der Waals surface area (Å²) < 4.78 is 0. The van der Waals surface area contributed by atoms with Gasteiger partial charge in [0.25, 0.3) is 0 Å². The van der Waals surface area contributed by atoms with Gasteiger partial charge in [-0.1, -0.05) is 48.0 Å². The lowest BCUT2D eigenvalue weighted by Crippen LogP contribution is -2.22. The van der Waals surface area contributed by atoms with Crippen molar-refractivity contribution in [3.63, 3.8) is 0 Å². The van der Waals surface area contributed by atoms with Crippen LogP contribution in [0.5, 0.6) is 0 Å². The van der Waals surface area contributed by atoms with E-state index in [1.54, 1.807) is 12.1 Å². The van der Waals surface area contributed by atoms with Crippen LogP contribution in [0, 0.1) is 6.92 Å². The van der Waals surface area contributed by atoms with Crippen molar-refractivity contribution in [3.8, 4) is 0 Å². The number of hydrogen-bond donors (Lipinski definition) is 3. The standard InChI is InChI=1S/C24H24ClN3O2/c1-17-21(25)8-5-9-22(17)28-24(30)16-26-19-11-13-20(14-12-19)27-23(29)15-10-18-6-3-2-4-7-18/h2-9,11-14,26H,10,15-16H2,1H3,(H,27,29)(H,28,30). The van der Waals surface area contributed by atoms with E-state index >= 15 is 0 Å². The fourth-order valence-corrected chi connectivity index (χ4v) is 3.09. The van der Waals surface area contributed by atoms with Gasteiger partial charge < -0.3 is 16.0 Å². The number of nitrogens with one attached hydrogen (secondary N) is 3. The summed E-state index contributed by atoms with van der Waals surface area (Å²) >= 11 is 6.08. The predicted octanol–water partition coefficient (Wildman–Crippen LogP) is 5.27. The predicted molar refractivity (Wildman–Crippen MR) is 123 cm³/mol. The molecule has 3 N–H and O–H groups in total. The van der Waals surface area contributed by atoms with Crippen LogP contribution in [0.2, 0.25) is 5.02 Å². The largest absolute Gasteiger partial charge is 0.376 e. The Labute approximate surface area is 181 Å². The Morgan fingerprint density at radius 1 is 0.800 bits per heavy atom. The molecule has 3 aromatic rings. The van der Waals surface area contributed by atoms with E-state index in [1.165, 1.54) is 0 Å². The number of carbonyl (C=O) groups excluding carboxylic acids is 2. The van der Waals surface area contributed by atoms with Crippen LogP contribution in [0.4, 0.5) is 17.1 Å². The molecule has 5 nitrogen and oxygen atoms in total. The van der Waals surface area contributed by atoms with E-state index in [-0.39, 0.29) is 18.4 Å². The first-order valence-electron chi connectivity index (χ1n) is 9.74. The molecule has 0 atom stereocenters. The summed E-state index contributed by atoms with van der Waals surface area (Å²) in [7, 11) is 0. The van der Waals surface area contributed by atoms with Crippen molar-refractivity contribution in [2.45, 2.75) is 19.8 Å². The molecule has 0 heterocycles. The van der Waals surface area contributed by atoms with Gasteiger partial charge in [-0.05, 0) is 60.9 Å². The van der Waals surface area contributed by atoms with Crippen LogP contribution in [-0.4, -0.2) is 18.4 Å². The Kier molecular flexibility index (Phi) is 7.46. The Hall–Kier alpha value is -3.31. The van der Waals surface area contributed by atoms with Gasteiger partial charge in [0.15, 0.2) is 0 Å². The summed E-state index contributed by atoms with van der Waals surface area (Å²) in [4.78, 5) is 24.3. The lowest BCUT2D eigenvalue weighted by atomic mass is 10.1. The zero-order chi connectivity index (χ0) is 21.3. The third kappa shape index (κ3) is 6.36. The maximum absolute atomic E-state index is 12.2. The van der Waals surface area contributed by atoms with Crippen LogP contribution in [0.15, 0.2) is 72.8 Å². The molecule has 0 unspecified atom stereocenters. The average Bonchev–Trinajstić information content (AvgIpc) is 2.76. The highest BCUT2D eigenvalue weighted by Gasteiger charge is 2.07. The first-order chi connectivity index (χ1) is 14.5. The van der Waals surface area contributed by atoms with Crippen LogP contribution < -0.4 is 16.0 Å². The molecule has 0 saturated heterocycles. The van der Waals surface area contributed by atoms with E-state index in [2.05, 4.69) is 16.0 Å². The number of rotatable bonds is 8. The van der Waals surface area contributed by atoms with E-state index < -0.39 is 0 Å². The molecule has 3 aromatic carbocycles. The van der Waals surface area contributed by atoms with Crippen molar-refractivity contribution in [1.82, 2.24) is 0 Å². The second-order valence-electron chi connectivity index (χ2n) is 6.93. The number of amides is 2. The second-order valence-corrected chi connectivity index (χ2v) is 7.33. The lowest BCUT2D eigenvalue weighted by molar-refractivity contribution is -0.116. The quantitative estimate of drug-likeness (QED) is 0.464. The van der Waals surface area contributed by atoms with Gasteiger partial charge in [0.1, 0.15) is 0 Å². The van der Waals surface area contributed by atoms with E-state index in [0.29, 0.717) is 23.6 Å². The van der Waals surface area contributed by atoms with Gasteiger partial charge in [0.2, 0.25) is 11.8 Å². The summed E-state index contributed by atoms with van der Waals surface area (Å²) in [6.07, 6.45) is 1.13. The molecule has 6 heteroatoms. The van der Waals surface area contributed by atoms with Crippen molar-refractivity contribution in [2.24, 2.45) is 0 Å². The fraction of sp³-hybridized carbons (Fsp3) is 0.167. The molecule has 2 amide bonds. The number of aryl methyl sites for hydroxylation is 1. The Bertz CT molecular complexity index is 1000.